The van der Waals surface area contributed by atoms with Crippen LogP contribution < -0.4 is 4.72 Å². The summed E-state index contributed by atoms with van der Waals surface area (Å²) in [5.41, 5.74) is 2.55. The third-order valence-corrected chi connectivity index (χ3v) is 4.64. The Hall–Kier alpha value is -1.72. The Morgan fingerprint density at radius 2 is 1.95 bits per heavy atom. The largest absolute Gasteiger partial charge is 0.261 e. The standard InChI is InChI=1S/C15H18N2O2S/c1-12-6-7-13(2)15(11-12)20(18,19)17-10-8-14-5-3-4-9-16-14/h3-7,9,11,17H,8,10H2,1-2H3. The Kier molecular flexibility index (Phi) is 4.52. The van der Waals surface area contributed by atoms with Crippen LogP contribution in [0.15, 0.2) is 47.5 Å². The Morgan fingerprint density at radius 1 is 1.15 bits per heavy atom. The van der Waals surface area contributed by atoms with Crippen molar-refractivity contribution < 1.29 is 8.42 Å². The van der Waals surface area contributed by atoms with Crippen LogP contribution >= 0.6 is 0 Å². The maximum Gasteiger partial charge on any atom is 0.240 e. The number of nitrogens with zero attached hydrogens (tertiary/aromatic N) is 1. The molecule has 2 aromatic rings. The van der Waals surface area contributed by atoms with Crippen molar-refractivity contribution in [1.29, 1.82) is 0 Å². The van der Waals surface area contributed by atoms with E-state index in [0.29, 0.717) is 17.9 Å². The van der Waals surface area contributed by atoms with E-state index in [1.54, 1.807) is 19.2 Å². The lowest BCUT2D eigenvalue weighted by molar-refractivity contribution is 0.580. The second-order valence-corrected chi connectivity index (χ2v) is 6.47. The summed E-state index contributed by atoms with van der Waals surface area (Å²) in [6, 6.07) is 11.0. The molecule has 0 unspecified atom stereocenters. The molecule has 4 nitrogen and oxygen atoms in total. The molecule has 1 heterocycles. The van der Waals surface area contributed by atoms with Gasteiger partial charge in [0.1, 0.15) is 0 Å². The molecule has 20 heavy (non-hydrogen) atoms. The van der Waals surface area contributed by atoms with Gasteiger partial charge in [-0.2, -0.15) is 0 Å². The Morgan fingerprint density at radius 3 is 2.65 bits per heavy atom. The smallest absolute Gasteiger partial charge is 0.240 e. The number of sulfonamides is 1. The first-order chi connectivity index (χ1) is 9.49. The third-order valence-electron chi connectivity index (χ3n) is 3.03. The van der Waals surface area contributed by atoms with Gasteiger partial charge in [0, 0.05) is 24.9 Å². The van der Waals surface area contributed by atoms with Crippen LogP contribution in [0.1, 0.15) is 16.8 Å². The fourth-order valence-electron chi connectivity index (χ4n) is 1.93. The minimum atomic E-state index is -3.46. The van der Waals surface area contributed by atoms with Crippen molar-refractivity contribution in [1.82, 2.24) is 9.71 Å². The molecule has 0 aliphatic heterocycles. The predicted octanol–water partition coefficient (Wildman–Crippen LogP) is 2.22. The van der Waals surface area contributed by atoms with Gasteiger partial charge in [0.2, 0.25) is 10.0 Å². The van der Waals surface area contributed by atoms with Crippen LogP contribution in [0, 0.1) is 13.8 Å². The van der Waals surface area contributed by atoms with Gasteiger partial charge in [0.05, 0.1) is 4.90 Å². The molecule has 1 aromatic heterocycles. The molecule has 0 saturated carbocycles. The topological polar surface area (TPSA) is 59.1 Å². The van der Waals surface area contributed by atoms with Gasteiger partial charge in [-0.15, -0.1) is 0 Å². The number of nitrogens with one attached hydrogen (secondary N) is 1. The molecule has 106 valence electrons. The monoisotopic (exact) mass is 290 g/mol. The summed E-state index contributed by atoms with van der Waals surface area (Å²) in [6.45, 7) is 4.02. The molecule has 0 radical (unpaired) electrons. The highest BCUT2D eigenvalue weighted by atomic mass is 32.2. The van der Waals surface area contributed by atoms with Crippen molar-refractivity contribution in [2.75, 3.05) is 6.54 Å². The van der Waals surface area contributed by atoms with E-state index in [1.165, 1.54) is 0 Å². The lowest BCUT2D eigenvalue weighted by Crippen LogP contribution is -2.26. The molecule has 0 amide bonds. The van der Waals surface area contributed by atoms with Gasteiger partial charge in [0.25, 0.3) is 0 Å². The number of benzene rings is 1. The zero-order valence-electron chi connectivity index (χ0n) is 11.6. The fourth-order valence-corrected chi connectivity index (χ4v) is 3.29. The van der Waals surface area contributed by atoms with E-state index in [9.17, 15) is 8.42 Å². The van der Waals surface area contributed by atoms with Crippen molar-refractivity contribution in [2.24, 2.45) is 0 Å². The van der Waals surface area contributed by atoms with E-state index < -0.39 is 10.0 Å². The molecule has 0 aliphatic rings. The number of hydrogen-bond acceptors (Lipinski definition) is 3. The molecule has 1 N–H and O–H groups in total. The zero-order valence-corrected chi connectivity index (χ0v) is 12.4. The van der Waals surface area contributed by atoms with Gasteiger partial charge in [-0.1, -0.05) is 18.2 Å². The van der Waals surface area contributed by atoms with Crippen LogP contribution in [0.25, 0.3) is 0 Å². The minimum Gasteiger partial charge on any atom is -0.261 e. The highest BCUT2D eigenvalue weighted by Crippen LogP contribution is 2.16. The van der Waals surface area contributed by atoms with E-state index in [0.717, 1.165) is 16.8 Å². The Bertz CT molecular complexity index is 682. The molecule has 0 aliphatic carbocycles. The molecule has 0 spiro atoms. The van der Waals surface area contributed by atoms with Crippen molar-refractivity contribution in [3.8, 4) is 0 Å². The van der Waals surface area contributed by atoms with Gasteiger partial charge in [-0.3, -0.25) is 4.98 Å². The summed E-state index contributed by atoms with van der Waals surface area (Å²) in [5.74, 6) is 0. The number of aromatic nitrogens is 1. The van der Waals surface area contributed by atoms with Crippen LogP contribution in [-0.4, -0.2) is 19.9 Å². The zero-order chi connectivity index (χ0) is 14.6. The van der Waals surface area contributed by atoms with Crippen molar-refractivity contribution >= 4 is 10.0 Å². The number of hydrogen-bond donors (Lipinski definition) is 1. The van der Waals surface area contributed by atoms with Gasteiger partial charge in [0.15, 0.2) is 0 Å². The molecule has 1 aromatic carbocycles. The second-order valence-electron chi connectivity index (χ2n) is 4.74. The van der Waals surface area contributed by atoms with Gasteiger partial charge < -0.3 is 0 Å². The van der Waals surface area contributed by atoms with E-state index in [2.05, 4.69) is 9.71 Å². The van der Waals surface area contributed by atoms with Crippen LogP contribution in [0.3, 0.4) is 0 Å². The van der Waals surface area contributed by atoms with Crippen LogP contribution in [0.5, 0.6) is 0 Å². The first-order valence-corrected chi connectivity index (χ1v) is 7.94. The van der Waals surface area contributed by atoms with Gasteiger partial charge in [-0.05, 0) is 43.2 Å². The highest BCUT2D eigenvalue weighted by molar-refractivity contribution is 7.89. The summed E-state index contributed by atoms with van der Waals surface area (Å²) >= 11 is 0. The number of aryl methyl sites for hydroxylation is 2. The highest BCUT2D eigenvalue weighted by Gasteiger charge is 2.16. The maximum atomic E-state index is 12.3. The Labute approximate surface area is 119 Å². The average molecular weight is 290 g/mol. The van der Waals surface area contributed by atoms with Crippen molar-refractivity contribution in [3.05, 3.63) is 59.4 Å². The summed E-state index contributed by atoms with van der Waals surface area (Å²) in [4.78, 5) is 4.51. The van der Waals surface area contributed by atoms with E-state index in [1.807, 2.05) is 37.3 Å². The third kappa shape index (κ3) is 3.65. The Balaban J connectivity index is 2.06. The SMILES string of the molecule is Cc1ccc(C)c(S(=O)(=O)NCCc2ccccn2)c1. The van der Waals surface area contributed by atoms with E-state index >= 15 is 0 Å². The summed E-state index contributed by atoms with van der Waals surface area (Å²) < 4.78 is 27.2. The minimum absolute atomic E-state index is 0.340. The molecule has 0 bridgehead atoms. The molecule has 2 rings (SSSR count). The van der Waals surface area contributed by atoms with Crippen molar-refractivity contribution in [2.45, 2.75) is 25.2 Å². The summed E-state index contributed by atoms with van der Waals surface area (Å²) in [7, 11) is -3.46. The average Bonchev–Trinajstić information content (AvgIpc) is 2.42. The molecule has 5 heteroatoms. The van der Waals surface area contributed by atoms with Gasteiger partial charge >= 0.3 is 0 Å². The molecule has 0 saturated heterocycles. The van der Waals surface area contributed by atoms with Crippen LogP contribution in [0.2, 0.25) is 0 Å². The molecular formula is C15H18N2O2S. The first-order valence-electron chi connectivity index (χ1n) is 6.46. The number of pyridine rings is 1. The molecular weight excluding hydrogens is 272 g/mol. The maximum absolute atomic E-state index is 12.3. The first kappa shape index (κ1) is 14.7. The van der Waals surface area contributed by atoms with Crippen LogP contribution in [-0.2, 0) is 16.4 Å². The van der Waals surface area contributed by atoms with Gasteiger partial charge in [-0.25, -0.2) is 13.1 Å². The van der Waals surface area contributed by atoms with Crippen LogP contribution in [0.4, 0.5) is 0 Å². The lowest BCUT2D eigenvalue weighted by Gasteiger charge is -2.10. The summed E-state index contributed by atoms with van der Waals surface area (Å²) in [5, 5.41) is 0. The summed E-state index contributed by atoms with van der Waals surface area (Å²) in [6.07, 6.45) is 2.28. The predicted molar refractivity (Wildman–Crippen MR) is 79.0 cm³/mol. The normalized spacial score (nSPS) is 11.5. The second kappa shape index (κ2) is 6.15. The number of rotatable bonds is 5. The van der Waals surface area contributed by atoms with E-state index in [-0.39, 0.29) is 0 Å². The lowest BCUT2D eigenvalue weighted by atomic mass is 10.2. The quantitative estimate of drug-likeness (QED) is 0.918. The molecule has 0 atom stereocenters. The fraction of sp³-hybridized carbons (Fsp3) is 0.267. The van der Waals surface area contributed by atoms with E-state index in [4.69, 9.17) is 0 Å². The van der Waals surface area contributed by atoms with Crippen molar-refractivity contribution in [3.63, 3.8) is 0 Å². The molecule has 0 fully saturated rings.